The number of hydrogen-bond donors (Lipinski definition) is 1. The summed E-state index contributed by atoms with van der Waals surface area (Å²) in [5.74, 6) is 0.263. The van der Waals surface area contributed by atoms with Gasteiger partial charge in [-0.3, -0.25) is 0 Å². The van der Waals surface area contributed by atoms with Crippen LogP contribution in [0, 0.1) is 11.3 Å². The second-order valence-corrected chi connectivity index (χ2v) is 6.14. The first-order valence-corrected chi connectivity index (χ1v) is 7.92. The first kappa shape index (κ1) is 13.8. The molecule has 2 N–H and O–H groups in total. The quantitative estimate of drug-likeness (QED) is 0.724. The largest absolute Gasteiger partial charge is 0.383 e. The molecule has 0 aliphatic heterocycles. The van der Waals surface area contributed by atoms with Gasteiger partial charge in [0.05, 0.1) is 5.69 Å². The molecule has 1 aromatic carbocycles. The van der Waals surface area contributed by atoms with E-state index >= 15 is 0 Å². The molecule has 0 unspecified atom stereocenters. The first-order chi connectivity index (χ1) is 10.2. The Labute approximate surface area is 134 Å². The Morgan fingerprint density at radius 3 is 2.52 bits per heavy atom. The number of benzene rings is 1. The highest BCUT2D eigenvalue weighted by Crippen LogP contribution is 2.32. The average molecular weight is 356 g/mol. The molecular formula is C16H10BrN3S. The molecule has 0 bridgehead atoms. The predicted molar refractivity (Wildman–Crippen MR) is 89.8 cm³/mol. The molecule has 0 radical (unpaired) electrons. The molecule has 0 amide bonds. The van der Waals surface area contributed by atoms with Crippen molar-refractivity contribution in [3.05, 3.63) is 57.2 Å². The maximum Gasteiger partial charge on any atom is 0.142 e. The molecule has 0 fully saturated rings. The third kappa shape index (κ3) is 2.68. The summed E-state index contributed by atoms with van der Waals surface area (Å²) in [7, 11) is 0. The highest BCUT2D eigenvalue weighted by atomic mass is 79.9. The minimum absolute atomic E-state index is 0.263. The summed E-state index contributed by atoms with van der Waals surface area (Å²) in [6.07, 6.45) is 0. The van der Waals surface area contributed by atoms with Gasteiger partial charge in [0, 0.05) is 15.6 Å². The Bertz CT molecular complexity index is 818. The summed E-state index contributed by atoms with van der Waals surface area (Å²) in [6, 6.07) is 13.9. The molecule has 2 heterocycles. The molecule has 0 spiro atoms. The second-order valence-electron chi connectivity index (χ2n) is 4.45. The molecular weight excluding hydrogens is 346 g/mol. The second kappa shape index (κ2) is 5.68. The van der Waals surface area contributed by atoms with E-state index in [1.165, 1.54) is 0 Å². The van der Waals surface area contributed by atoms with Crippen LogP contribution in [0.25, 0.3) is 22.4 Å². The Balaban J connectivity index is 2.21. The molecule has 0 saturated heterocycles. The molecule has 0 saturated carbocycles. The van der Waals surface area contributed by atoms with Crippen LogP contribution in [0.15, 0.2) is 51.6 Å². The van der Waals surface area contributed by atoms with Gasteiger partial charge < -0.3 is 5.73 Å². The van der Waals surface area contributed by atoms with Crippen LogP contribution >= 0.6 is 27.3 Å². The van der Waals surface area contributed by atoms with Crippen molar-refractivity contribution in [1.29, 1.82) is 5.26 Å². The molecule has 0 aliphatic carbocycles. The number of pyridine rings is 1. The third-order valence-electron chi connectivity index (χ3n) is 3.13. The fourth-order valence-corrected chi connectivity index (χ4v) is 3.02. The van der Waals surface area contributed by atoms with E-state index in [1.807, 2.05) is 47.2 Å². The van der Waals surface area contributed by atoms with Crippen LogP contribution in [0.4, 0.5) is 5.82 Å². The summed E-state index contributed by atoms with van der Waals surface area (Å²) in [4.78, 5) is 4.36. The van der Waals surface area contributed by atoms with Crippen LogP contribution < -0.4 is 5.73 Å². The van der Waals surface area contributed by atoms with Crippen LogP contribution in [0.2, 0.25) is 0 Å². The van der Waals surface area contributed by atoms with Crippen LogP contribution in [0.1, 0.15) is 5.56 Å². The van der Waals surface area contributed by atoms with Crippen molar-refractivity contribution in [2.75, 3.05) is 5.73 Å². The molecule has 0 aliphatic rings. The Hall–Kier alpha value is -2.16. The average Bonchev–Trinajstić information content (AvgIpc) is 3.01. The Kier molecular flexibility index (Phi) is 3.74. The maximum atomic E-state index is 9.32. The van der Waals surface area contributed by atoms with E-state index in [1.54, 1.807) is 11.3 Å². The van der Waals surface area contributed by atoms with Crippen molar-refractivity contribution in [2.24, 2.45) is 0 Å². The summed E-state index contributed by atoms with van der Waals surface area (Å²) >= 11 is 5.00. The summed E-state index contributed by atoms with van der Waals surface area (Å²) < 4.78 is 1.01. The third-order valence-corrected chi connectivity index (χ3v) is 4.34. The number of nitrogens with two attached hydrogens (primary N) is 1. The molecule has 2 aromatic heterocycles. The van der Waals surface area contributed by atoms with Gasteiger partial charge in [-0.2, -0.15) is 16.6 Å². The zero-order valence-electron chi connectivity index (χ0n) is 10.9. The fraction of sp³-hybridized carbons (Fsp3) is 0. The van der Waals surface area contributed by atoms with Crippen LogP contribution in [0.3, 0.4) is 0 Å². The summed E-state index contributed by atoms with van der Waals surface area (Å²) in [5, 5.41) is 13.3. The van der Waals surface area contributed by atoms with Crippen LogP contribution in [-0.2, 0) is 0 Å². The maximum absolute atomic E-state index is 9.32. The van der Waals surface area contributed by atoms with Crippen molar-refractivity contribution >= 4 is 33.1 Å². The number of aromatic nitrogens is 1. The molecule has 5 heteroatoms. The number of hydrogen-bond acceptors (Lipinski definition) is 4. The smallest absolute Gasteiger partial charge is 0.142 e. The molecule has 3 nitrogen and oxygen atoms in total. The lowest BCUT2D eigenvalue weighted by Crippen LogP contribution is -1.99. The van der Waals surface area contributed by atoms with Gasteiger partial charge in [-0.1, -0.05) is 28.1 Å². The molecule has 102 valence electrons. The summed E-state index contributed by atoms with van der Waals surface area (Å²) in [6.45, 7) is 0. The number of nitrogens with zero attached hydrogens (tertiary/aromatic N) is 2. The van der Waals surface area contributed by atoms with E-state index in [-0.39, 0.29) is 5.82 Å². The van der Waals surface area contributed by atoms with E-state index in [0.717, 1.165) is 26.9 Å². The fourth-order valence-electron chi connectivity index (χ4n) is 2.10. The minimum atomic E-state index is 0.263. The van der Waals surface area contributed by atoms with Gasteiger partial charge in [-0.05, 0) is 40.6 Å². The Morgan fingerprint density at radius 1 is 1.14 bits per heavy atom. The number of thiophene rings is 1. The first-order valence-electron chi connectivity index (χ1n) is 6.18. The lowest BCUT2D eigenvalue weighted by Gasteiger charge is -2.09. The monoisotopic (exact) mass is 355 g/mol. The van der Waals surface area contributed by atoms with E-state index in [2.05, 4.69) is 27.0 Å². The minimum Gasteiger partial charge on any atom is -0.383 e. The van der Waals surface area contributed by atoms with E-state index in [9.17, 15) is 5.26 Å². The van der Waals surface area contributed by atoms with Crippen molar-refractivity contribution < 1.29 is 0 Å². The number of nitriles is 1. The lowest BCUT2D eigenvalue weighted by atomic mass is 10.0. The Morgan fingerprint density at radius 2 is 1.90 bits per heavy atom. The van der Waals surface area contributed by atoms with Crippen molar-refractivity contribution in [1.82, 2.24) is 4.98 Å². The van der Waals surface area contributed by atoms with Crippen molar-refractivity contribution in [2.45, 2.75) is 0 Å². The molecule has 0 atom stereocenters. The molecule has 3 rings (SSSR count). The van der Waals surface area contributed by atoms with Gasteiger partial charge in [0.1, 0.15) is 17.5 Å². The SMILES string of the molecule is N#Cc1c(-c2ccsc2)cc(-c2ccc(Br)cc2)nc1N. The highest BCUT2D eigenvalue weighted by molar-refractivity contribution is 9.10. The van der Waals surface area contributed by atoms with E-state index in [0.29, 0.717) is 5.56 Å². The standard InChI is InChI=1S/C16H10BrN3S/c17-12-3-1-10(2-4-12)15-7-13(11-5-6-21-9-11)14(8-18)16(19)20-15/h1-7,9H,(H2,19,20). The number of halogens is 1. The van der Waals surface area contributed by atoms with E-state index < -0.39 is 0 Å². The number of anilines is 1. The highest BCUT2D eigenvalue weighted by Gasteiger charge is 2.13. The van der Waals surface area contributed by atoms with Gasteiger partial charge >= 0.3 is 0 Å². The zero-order chi connectivity index (χ0) is 14.8. The predicted octanol–water partition coefficient (Wildman–Crippen LogP) is 4.69. The molecule has 3 aromatic rings. The normalized spacial score (nSPS) is 10.3. The van der Waals surface area contributed by atoms with Gasteiger partial charge in [0.15, 0.2) is 0 Å². The van der Waals surface area contributed by atoms with Gasteiger partial charge in [0.2, 0.25) is 0 Å². The number of nitrogen functional groups attached to an aromatic ring is 1. The lowest BCUT2D eigenvalue weighted by molar-refractivity contribution is 1.31. The van der Waals surface area contributed by atoms with Crippen molar-refractivity contribution in [3.63, 3.8) is 0 Å². The van der Waals surface area contributed by atoms with Gasteiger partial charge in [-0.15, -0.1) is 0 Å². The zero-order valence-corrected chi connectivity index (χ0v) is 13.3. The van der Waals surface area contributed by atoms with Crippen molar-refractivity contribution in [3.8, 4) is 28.5 Å². The molecule has 21 heavy (non-hydrogen) atoms. The van der Waals surface area contributed by atoms with Gasteiger partial charge in [-0.25, -0.2) is 4.98 Å². The van der Waals surface area contributed by atoms with Crippen LogP contribution in [0.5, 0.6) is 0 Å². The summed E-state index contributed by atoms with van der Waals surface area (Å²) in [5.41, 5.74) is 9.93. The van der Waals surface area contributed by atoms with Crippen LogP contribution in [-0.4, -0.2) is 4.98 Å². The van der Waals surface area contributed by atoms with Gasteiger partial charge in [0.25, 0.3) is 0 Å². The van der Waals surface area contributed by atoms with E-state index in [4.69, 9.17) is 5.73 Å². The number of rotatable bonds is 2. The topological polar surface area (TPSA) is 62.7 Å².